The van der Waals surface area contributed by atoms with Crippen molar-refractivity contribution >= 4 is 26.1 Å². The molecular weight excluding hydrogens is 568 g/mol. The van der Waals surface area contributed by atoms with E-state index >= 15 is 0 Å². The number of carboxylic acid groups (broad SMARTS) is 1. The molecule has 0 aromatic carbocycles. The summed E-state index contributed by atoms with van der Waals surface area (Å²) in [5.74, 6) is 0.726. The molecule has 1 atom stereocenters. The minimum absolute atomic E-state index is 0.726. The molecule has 0 radical (unpaired) electrons. The lowest BCUT2D eigenvalue weighted by atomic mass is 9.99. The van der Waals surface area contributed by atoms with Crippen molar-refractivity contribution in [1.82, 2.24) is 0 Å². The van der Waals surface area contributed by atoms with Crippen molar-refractivity contribution in [2.75, 3.05) is 0 Å². The Balaban J connectivity index is 0.000000420. The van der Waals surface area contributed by atoms with Crippen LogP contribution in [0.1, 0.15) is 39.5 Å². The van der Waals surface area contributed by atoms with Crippen LogP contribution in [-0.2, 0) is 26.6 Å². The van der Waals surface area contributed by atoms with E-state index in [0.29, 0.717) is 0 Å². The average molecular weight is 594 g/mol. The summed E-state index contributed by atoms with van der Waals surface area (Å²) < 4.78 is 112. The Morgan fingerprint density at radius 3 is 1.63 bits per heavy atom. The summed E-state index contributed by atoms with van der Waals surface area (Å²) in [4.78, 5) is 10.7. The summed E-state index contributed by atoms with van der Waals surface area (Å²) >= 11 is 0. The lowest BCUT2D eigenvalue weighted by Gasteiger charge is -2.22. The summed E-state index contributed by atoms with van der Waals surface area (Å²) in [5.41, 5.74) is -10.3. The van der Waals surface area contributed by atoms with Crippen LogP contribution >= 0.6 is 0 Å². The third-order valence-corrected chi connectivity index (χ3v) is 7.80. The number of pyridine rings is 2. The summed E-state index contributed by atoms with van der Waals surface area (Å²) in [6.07, 6.45) is 11.0. The first-order valence-electron chi connectivity index (χ1n) is 10.9. The Bertz CT molecular complexity index is 1220. The predicted octanol–water partition coefficient (Wildman–Crippen LogP) is 3.40. The number of alkyl halides is 6. The van der Waals surface area contributed by atoms with Gasteiger partial charge in [0.2, 0.25) is 0 Å². The van der Waals surface area contributed by atoms with Crippen molar-refractivity contribution in [1.29, 1.82) is 0 Å². The first-order chi connectivity index (χ1) is 17.3. The van der Waals surface area contributed by atoms with Gasteiger partial charge in [0.25, 0.3) is 0 Å². The zero-order valence-corrected chi connectivity index (χ0v) is 21.7. The molecule has 2 rings (SSSR count). The van der Waals surface area contributed by atoms with Gasteiger partial charge in [-0.2, -0.15) is 30.9 Å². The molecule has 2 heterocycles. The van der Waals surface area contributed by atoms with E-state index in [-0.39, 0.29) is 0 Å². The minimum Gasteiger partial charge on any atom is -0.490 e. The van der Waals surface area contributed by atoms with E-state index in [9.17, 15) is 53.1 Å². The van der Waals surface area contributed by atoms with Crippen molar-refractivity contribution in [3.63, 3.8) is 0 Å². The molecule has 0 bridgehead atoms. The normalized spacial score (nSPS) is 13.4. The molecule has 0 aliphatic heterocycles. The first kappa shape index (κ1) is 33.2. The highest BCUT2D eigenvalue weighted by atomic mass is 32.3. The van der Waals surface area contributed by atoms with Gasteiger partial charge >= 0.3 is 17.1 Å². The third kappa shape index (κ3) is 9.83. The quantitative estimate of drug-likeness (QED) is 0.324. The Hall–Kier alpha value is -2.79. The molecule has 0 aliphatic carbocycles. The van der Waals surface area contributed by atoms with Gasteiger partial charge in [-0.3, -0.25) is 0 Å². The van der Waals surface area contributed by atoms with E-state index in [1.165, 1.54) is 38.1 Å². The molecule has 0 N–H and O–H groups in total. The first-order valence-corrected chi connectivity index (χ1v) is 13.8. The molecule has 0 spiro atoms. The lowest BCUT2D eigenvalue weighted by molar-refractivity contribution is -0.703. The van der Waals surface area contributed by atoms with Crippen molar-refractivity contribution in [2.24, 2.45) is 5.92 Å². The maximum atomic E-state index is 11.4. The fourth-order valence-corrected chi connectivity index (χ4v) is 4.65. The van der Waals surface area contributed by atoms with E-state index in [1.54, 1.807) is 12.1 Å². The largest absolute Gasteiger partial charge is 0.490 e. The van der Waals surface area contributed by atoms with Gasteiger partial charge < -0.3 is 14.0 Å². The molecular formula is C21H25F6N3O6S2. The number of carbonyl (C=O) groups is 1. The highest BCUT2D eigenvalue weighted by Crippen LogP contribution is 2.36. The summed E-state index contributed by atoms with van der Waals surface area (Å²) in [5, 5.41) is 10.7. The fraction of sp³-hybridized carbons (Fsp3) is 0.476. The molecule has 38 heavy (non-hydrogen) atoms. The third-order valence-electron chi connectivity index (χ3n) is 5.06. The van der Waals surface area contributed by atoms with E-state index in [2.05, 4.69) is 42.9 Å². The fourth-order valence-electron chi connectivity index (χ4n) is 2.94. The van der Waals surface area contributed by atoms with Crippen LogP contribution in [0.4, 0.5) is 31.1 Å². The van der Waals surface area contributed by atoms with Crippen LogP contribution in [0.25, 0.3) is 15.3 Å². The van der Waals surface area contributed by atoms with Crippen LogP contribution in [0.2, 0.25) is 0 Å². The molecule has 9 nitrogen and oxygen atoms in total. The molecule has 0 amide bonds. The number of hydrogen-bond donors (Lipinski definition) is 0. The lowest BCUT2D eigenvalue weighted by Crippen LogP contribution is -2.51. The van der Waals surface area contributed by atoms with Gasteiger partial charge in [0.05, 0.1) is 0 Å². The van der Waals surface area contributed by atoms with Gasteiger partial charge in [-0.1, -0.05) is 26.7 Å². The number of aromatic nitrogens is 2. The highest BCUT2D eigenvalue weighted by Gasteiger charge is 2.46. The van der Waals surface area contributed by atoms with Crippen LogP contribution < -0.4 is 14.2 Å². The number of halogens is 6. The molecule has 0 fully saturated rings. The maximum Gasteiger partial charge on any atom is 0.480 e. The van der Waals surface area contributed by atoms with Crippen LogP contribution in [0, 0.1) is 5.92 Å². The summed E-state index contributed by atoms with van der Waals surface area (Å²) in [7, 11) is -13.4. The predicted molar refractivity (Wildman–Crippen MR) is 120 cm³/mol. The maximum absolute atomic E-state index is 11.4. The number of carbonyl (C=O) groups excluding carboxylic acids is 1. The van der Waals surface area contributed by atoms with E-state index < -0.39 is 37.2 Å². The van der Waals surface area contributed by atoms with E-state index in [0.717, 1.165) is 32.3 Å². The molecule has 0 saturated heterocycles. The Kier molecular flexibility index (Phi) is 11.7. The van der Waals surface area contributed by atoms with Crippen LogP contribution in [0.15, 0.2) is 49.1 Å². The van der Waals surface area contributed by atoms with Gasteiger partial charge in [-0.15, -0.1) is 0 Å². The summed E-state index contributed by atoms with van der Waals surface area (Å²) in [6.45, 7) is 5.54. The standard InChI is InChI=1S/C19H25N2O2.C2F6NO4S2/c1-3-5-6-16(4-2)15-20-11-7-17(8-12-20)18-9-13-21(14-10-18)19(22)23;3-1(4,5)14(10,11)9-15(12,13)2(6,7)8/h7-14,16H,3-6,15H2,1-2H3;/q+1;-1. The van der Waals surface area contributed by atoms with Gasteiger partial charge in [-0.25, -0.2) is 21.4 Å². The molecule has 214 valence electrons. The molecule has 0 saturated carbocycles. The van der Waals surface area contributed by atoms with E-state index in [4.69, 9.17) is 0 Å². The SMILES string of the molecule is CCCCC(CC)C[n+]1ccc(-c2cc[n+](C(=O)[O-])cc2)cc1.O=S(=O)([N-]S(=O)(=O)C(F)(F)F)C(F)(F)F. The van der Waals surface area contributed by atoms with Crippen LogP contribution in [0.3, 0.4) is 0 Å². The van der Waals surface area contributed by atoms with Crippen LogP contribution in [-0.4, -0.2) is 33.9 Å². The van der Waals surface area contributed by atoms with Crippen molar-refractivity contribution in [3.05, 3.63) is 53.2 Å². The highest BCUT2D eigenvalue weighted by molar-refractivity contribution is 8.13. The Labute approximate surface area is 215 Å². The van der Waals surface area contributed by atoms with E-state index in [1.807, 2.05) is 0 Å². The second-order valence-corrected chi connectivity index (χ2v) is 11.3. The molecule has 0 aliphatic rings. The number of nitrogens with zero attached hydrogens (tertiary/aromatic N) is 3. The Morgan fingerprint density at radius 2 is 1.29 bits per heavy atom. The molecule has 2 aromatic heterocycles. The second-order valence-electron chi connectivity index (χ2n) is 7.88. The van der Waals surface area contributed by atoms with Gasteiger partial charge in [0.1, 0.15) is 0 Å². The number of hydrogen-bond acceptors (Lipinski definition) is 6. The molecule has 1 unspecified atom stereocenters. The zero-order valence-electron chi connectivity index (χ0n) is 20.1. The van der Waals surface area contributed by atoms with Gasteiger partial charge in [-0.05, 0) is 24.0 Å². The average Bonchev–Trinajstić information content (AvgIpc) is 2.80. The smallest absolute Gasteiger partial charge is 0.480 e. The number of rotatable bonds is 9. The number of unbranched alkanes of at least 4 members (excludes halogenated alkanes) is 1. The molecule has 2 aromatic rings. The van der Waals surface area contributed by atoms with Gasteiger partial charge in [0, 0.05) is 30.2 Å². The Morgan fingerprint density at radius 1 is 0.868 bits per heavy atom. The van der Waals surface area contributed by atoms with Crippen LogP contribution in [0.5, 0.6) is 0 Å². The van der Waals surface area contributed by atoms with Crippen molar-refractivity contribution in [3.8, 4) is 11.1 Å². The minimum atomic E-state index is -6.72. The molecule has 17 heteroatoms. The second kappa shape index (κ2) is 13.3. The monoisotopic (exact) mass is 593 g/mol. The van der Waals surface area contributed by atoms with Crippen molar-refractivity contribution in [2.45, 2.75) is 57.1 Å². The van der Waals surface area contributed by atoms with Crippen molar-refractivity contribution < 1.29 is 62.2 Å². The zero-order chi connectivity index (χ0) is 29.4. The topological polar surface area (TPSA) is 130 Å². The van der Waals surface area contributed by atoms with Gasteiger partial charge in [0.15, 0.2) is 51.4 Å². The number of sulfonamides is 2. The summed E-state index contributed by atoms with van der Waals surface area (Å²) in [6, 6.07) is 7.72.